The lowest BCUT2D eigenvalue weighted by atomic mass is 10.1. The smallest absolute Gasteiger partial charge is 0.303 e. The van der Waals surface area contributed by atoms with Crippen LogP contribution in [0.25, 0.3) is 0 Å². The second kappa shape index (κ2) is 5.90. The average molecular weight is 199 g/mol. The summed E-state index contributed by atoms with van der Waals surface area (Å²) < 4.78 is 0. The van der Waals surface area contributed by atoms with Crippen molar-refractivity contribution in [2.45, 2.75) is 25.8 Å². The van der Waals surface area contributed by atoms with Gasteiger partial charge in [0.2, 0.25) is 5.91 Å². The number of rotatable bonds is 6. The Morgan fingerprint density at radius 2 is 2.00 bits per heavy atom. The van der Waals surface area contributed by atoms with Crippen LogP contribution in [-0.2, 0) is 14.4 Å². The van der Waals surface area contributed by atoms with Crippen LogP contribution in [0.5, 0.6) is 0 Å². The van der Waals surface area contributed by atoms with Crippen LogP contribution in [0.3, 0.4) is 0 Å². The molecule has 0 saturated heterocycles. The minimum Gasteiger partial charge on any atom is -0.481 e. The third-order valence-electron chi connectivity index (χ3n) is 1.61. The first kappa shape index (κ1) is 12.3. The molecular weight excluding hydrogens is 186 g/mol. The van der Waals surface area contributed by atoms with E-state index >= 15 is 0 Å². The van der Waals surface area contributed by atoms with E-state index in [9.17, 15) is 14.4 Å². The molecule has 0 radical (unpaired) electrons. The number of hydrogen-bond acceptors (Lipinski definition) is 3. The molecule has 5 nitrogen and oxygen atoms in total. The van der Waals surface area contributed by atoms with Crippen LogP contribution in [0.15, 0.2) is 12.7 Å². The number of Topliss-reactive ketones (excluding diaryl/α,β-unsaturated/α-hetero) is 1. The molecule has 5 heteroatoms. The number of nitrogens with one attached hydrogen (secondary N) is 1. The molecule has 1 amide bonds. The third kappa shape index (κ3) is 5.08. The number of aliphatic carboxylic acids is 1. The normalized spacial score (nSPS) is 11.5. The number of carbonyl (C=O) groups excluding carboxylic acids is 2. The van der Waals surface area contributed by atoms with Gasteiger partial charge in [0.1, 0.15) is 0 Å². The Balaban J connectivity index is 3.93. The Morgan fingerprint density at radius 1 is 1.43 bits per heavy atom. The van der Waals surface area contributed by atoms with E-state index in [4.69, 9.17) is 5.11 Å². The van der Waals surface area contributed by atoms with E-state index in [1.807, 2.05) is 0 Å². The zero-order valence-corrected chi connectivity index (χ0v) is 7.95. The van der Waals surface area contributed by atoms with Crippen LogP contribution < -0.4 is 5.32 Å². The number of ketones is 1. The van der Waals surface area contributed by atoms with Gasteiger partial charge in [0.05, 0.1) is 12.5 Å². The van der Waals surface area contributed by atoms with Crippen molar-refractivity contribution in [2.24, 2.45) is 0 Å². The standard InChI is InChI=1S/C9H13NO4/c1-3-8(12)10-6(2)7(11)4-5-9(13)14/h3,6H,1,4-5H2,2H3,(H,10,12)(H,13,14). The first-order valence-corrected chi connectivity index (χ1v) is 4.14. The van der Waals surface area contributed by atoms with Gasteiger partial charge < -0.3 is 10.4 Å². The van der Waals surface area contributed by atoms with Crippen LogP contribution >= 0.6 is 0 Å². The van der Waals surface area contributed by atoms with Crippen LogP contribution in [0.2, 0.25) is 0 Å². The molecule has 0 rings (SSSR count). The topological polar surface area (TPSA) is 83.5 Å². The number of carbonyl (C=O) groups is 3. The van der Waals surface area contributed by atoms with E-state index < -0.39 is 17.9 Å². The fraction of sp³-hybridized carbons (Fsp3) is 0.444. The van der Waals surface area contributed by atoms with Gasteiger partial charge in [0.15, 0.2) is 5.78 Å². The molecule has 0 saturated carbocycles. The quantitative estimate of drug-likeness (QED) is 0.595. The van der Waals surface area contributed by atoms with E-state index in [1.165, 1.54) is 6.92 Å². The summed E-state index contributed by atoms with van der Waals surface area (Å²) in [5, 5.41) is 10.7. The van der Waals surface area contributed by atoms with E-state index in [2.05, 4.69) is 11.9 Å². The third-order valence-corrected chi connectivity index (χ3v) is 1.61. The first-order valence-electron chi connectivity index (χ1n) is 4.14. The van der Waals surface area contributed by atoms with Crippen molar-refractivity contribution in [2.75, 3.05) is 0 Å². The van der Waals surface area contributed by atoms with Crippen molar-refractivity contribution in [3.63, 3.8) is 0 Å². The number of carboxylic acid groups (broad SMARTS) is 1. The number of amides is 1. The maximum absolute atomic E-state index is 11.2. The molecule has 0 aliphatic rings. The Morgan fingerprint density at radius 3 is 2.43 bits per heavy atom. The van der Waals surface area contributed by atoms with Crippen molar-refractivity contribution in [3.05, 3.63) is 12.7 Å². The van der Waals surface area contributed by atoms with Crippen molar-refractivity contribution >= 4 is 17.7 Å². The second-order valence-electron chi connectivity index (χ2n) is 2.79. The van der Waals surface area contributed by atoms with Crippen molar-refractivity contribution in [1.82, 2.24) is 5.32 Å². The summed E-state index contributed by atoms with van der Waals surface area (Å²) in [5.41, 5.74) is 0. The van der Waals surface area contributed by atoms with E-state index in [-0.39, 0.29) is 18.6 Å². The Bertz CT molecular complexity index is 260. The fourth-order valence-electron chi connectivity index (χ4n) is 0.799. The minimum absolute atomic E-state index is 0.0755. The summed E-state index contributed by atoms with van der Waals surface area (Å²) in [5.74, 6) is -1.77. The first-order chi connectivity index (χ1) is 6.47. The van der Waals surface area contributed by atoms with Crippen LogP contribution in [-0.4, -0.2) is 28.8 Å². The maximum Gasteiger partial charge on any atom is 0.303 e. The lowest BCUT2D eigenvalue weighted by Crippen LogP contribution is -2.37. The van der Waals surface area contributed by atoms with Crippen LogP contribution in [0.4, 0.5) is 0 Å². The summed E-state index contributed by atoms with van der Waals surface area (Å²) in [4.78, 5) is 32.1. The number of carboxylic acids is 1. The molecule has 2 N–H and O–H groups in total. The van der Waals surface area contributed by atoms with Gasteiger partial charge in [-0.3, -0.25) is 14.4 Å². The largest absolute Gasteiger partial charge is 0.481 e. The lowest BCUT2D eigenvalue weighted by molar-refractivity contribution is -0.138. The summed E-state index contributed by atoms with van der Waals surface area (Å²) in [6, 6.07) is -0.667. The molecule has 0 aliphatic carbocycles. The van der Waals surface area contributed by atoms with Crippen LogP contribution in [0, 0.1) is 0 Å². The molecule has 0 aliphatic heterocycles. The molecule has 14 heavy (non-hydrogen) atoms. The molecule has 0 aromatic rings. The zero-order valence-electron chi connectivity index (χ0n) is 7.95. The monoisotopic (exact) mass is 199 g/mol. The summed E-state index contributed by atoms with van der Waals surface area (Å²) in [6.45, 7) is 4.74. The highest BCUT2D eigenvalue weighted by molar-refractivity contribution is 5.93. The van der Waals surface area contributed by atoms with Gasteiger partial charge in [-0.15, -0.1) is 0 Å². The van der Waals surface area contributed by atoms with Gasteiger partial charge in [-0.25, -0.2) is 0 Å². The van der Waals surface area contributed by atoms with E-state index in [0.29, 0.717) is 0 Å². The molecule has 0 heterocycles. The van der Waals surface area contributed by atoms with E-state index in [0.717, 1.165) is 6.08 Å². The number of hydrogen-bond donors (Lipinski definition) is 2. The molecule has 0 aromatic heterocycles. The molecule has 78 valence electrons. The molecule has 1 unspecified atom stereocenters. The Kier molecular flexibility index (Phi) is 5.21. The SMILES string of the molecule is C=CC(=O)NC(C)C(=O)CCC(=O)O. The van der Waals surface area contributed by atoms with Gasteiger partial charge in [-0.2, -0.15) is 0 Å². The highest BCUT2D eigenvalue weighted by Gasteiger charge is 2.14. The summed E-state index contributed by atoms with van der Waals surface area (Å²) >= 11 is 0. The molecule has 0 bridgehead atoms. The summed E-state index contributed by atoms with van der Waals surface area (Å²) in [6.07, 6.45) is 0.766. The molecule has 0 fully saturated rings. The van der Waals surface area contributed by atoms with Gasteiger partial charge in [0.25, 0.3) is 0 Å². The Hall–Kier alpha value is -1.65. The maximum atomic E-state index is 11.2. The van der Waals surface area contributed by atoms with Crippen LogP contribution in [0.1, 0.15) is 19.8 Å². The van der Waals surface area contributed by atoms with Crippen molar-refractivity contribution in [1.29, 1.82) is 0 Å². The summed E-state index contributed by atoms with van der Waals surface area (Å²) in [7, 11) is 0. The average Bonchev–Trinajstić information content (AvgIpc) is 2.13. The predicted molar refractivity (Wildman–Crippen MR) is 49.7 cm³/mol. The van der Waals surface area contributed by atoms with Crippen molar-refractivity contribution < 1.29 is 19.5 Å². The zero-order chi connectivity index (χ0) is 11.1. The lowest BCUT2D eigenvalue weighted by Gasteiger charge is -2.09. The minimum atomic E-state index is -1.03. The van der Waals surface area contributed by atoms with Gasteiger partial charge >= 0.3 is 5.97 Å². The molecular formula is C9H13NO4. The highest BCUT2D eigenvalue weighted by atomic mass is 16.4. The van der Waals surface area contributed by atoms with Gasteiger partial charge in [-0.05, 0) is 13.0 Å². The predicted octanol–water partition coefficient (Wildman–Crippen LogP) is 0.111. The molecule has 0 aromatic carbocycles. The fourth-order valence-corrected chi connectivity index (χ4v) is 0.799. The Labute approximate surface area is 81.8 Å². The van der Waals surface area contributed by atoms with Crippen molar-refractivity contribution in [3.8, 4) is 0 Å². The molecule has 0 spiro atoms. The molecule has 1 atom stereocenters. The second-order valence-corrected chi connectivity index (χ2v) is 2.79. The van der Waals surface area contributed by atoms with Gasteiger partial charge in [0, 0.05) is 6.42 Å². The highest BCUT2D eigenvalue weighted by Crippen LogP contribution is 1.96. The van der Waals surface area contributed by atoms with E-state index in [1.54, 1.807) is 0 Å². The van der Waals surface area contributed by atoms with Gasteiger partial charge in [-0.1, -0.05) is 6.58 Å².